The summed E-state index contributed by atoms with van der Waals surface area (Å²) < 4.78 is 0. The van der Waals surface area contributed by atoms with Crippen molar-refractivity contribution >= 4 is 17.3 Å². The molecule has 0 radical (unpaired) electrons. The van der Waals surface area contributed by atoms with Crippen molar-refractivity contribution < 1.29 is 4.79 Å². The molecule has 0 bridgehead atoms. The van der Waals surface area contributed by atoms with Crippen LogP contribution >= 0.6 is 0 Å². The third kappa shape index (κ3) is 2.67. The molecule has 0 spiro atoms. The first kappa shape index (κ1) is 16.1. The number of anilines is 2. The average molecular weight is 350 g/mol. The first-order chi connectivity index (χ1) is 12.5. The normalized spacial score (nSPS) is 13.6. The maximum absolute atomic E-state index is 12.0. The number of nitrogens with two attached hydrogens (primary N) is 1. The fourth-order valence-electron chi connectivity index (χ4n) is 3.37. The predicted octanol–water partition coefficient (Wildman–Crippen LogP) is 0.686. The second-order valence-electron chi connectivity index (χ2n) is 6.46. The van der Waals surface area contributed by atoms with Crippen molar-refractivity contribution in [1.29, 1.82) is 0 Å². The van der Waals surface area contributed by atoms with Crippen molar-refractivity contribution in [2.24, 2.45) is 0 Å². The van der Waals surface area contributed by atoms with Crippen LogP contribution in [0, 0.1) is 0 Å². The molecule has 132 valence electrons. The number of aromatic amines is 1. The molecule has 26 heavy (non-hydrogen) atoms. The van der Waals surface area contributed by atoms with Gasteiger partial charge in [0.2, 0.25) is 0 Å². The zero-order chi connectivity index (χ0) is 18.3. The number of hydrogen-bond donors (Lipinski definition) is 3. The molecule has 7 heteroatoms. The van der Waals surface area contributed by atoms with Crippen molar-refractivity contribution in [1.82, 2.24) is 10.3 Å². The van der Waals surface area contributed by atoms with Crippen LogP contribution in [0.5, 0.6) is 0 Å². The summed E-state index contributed by atoms with van der Waals surface area (Å²) in [6, 6.07) is 9.56. The molecular weight excluding hydrogens is 332 g/mol. The summed E-state index contributed by atoms with van der Waals surface area (Å²) in [5, 5.41) is 2.87. The van der Waals surface area contributed by atoms with Gasteiger partial charge < -0.3 is 20.9 Å². The van der Waals surface area contributed by atoms with Gasteiger partial charge in [-0.25, -0.2) is 0 Å². The van der Waals surface area contributed by atoms with Gasteiger partial charge in [0.1, 0.15) is 17.1 Å². The average Bonchev–Trinajstić information content (AvgIpc) is 3.20. The van der Waals surface area contributed by atoms with Crippen molar-refractivity contribution in [3.05, 3.63) is 79.4 Å². The fraction of sp³-hybridized carbons (Fsp3) is 0.211. The number of benzene rings is 1. The van der Waals surface area contributed by atoms with Gasteiger partial charge in [-0.1, -0.05) is 18.2 Å². The van der Waals surface area contributed by atoms with Crippen LogP contribution in [-0.2, 0) is 19.5 Å². The van der Waals surface area contributed by atoms with Crippen LogP contribution in [0.3, 0.4) is 0 Å². The van der Waals surface area contributed by atoms with Crippen LogP contribution in [0.2, 0.25) is 0 Å². The SMILES string of the molecule is Nc1c(N2CCc3ccc(CNC(=O)c4ccc[nH]4)cc3C2)c(=O)c1=O. The summed E-state index contributed by atoms with van der Waals surface area (Å²) >= 11 is 0. The summed E-state index contributed by atoms with van der Waals surface area (Å²) in [7, 11) is 0. The Hall–Kier alpha value is -3.35. The van der Waals surface area contributed by atoms with Gasteiger partial charge in [0, 0.05) is 25.8 Å². The third-order valence-corrected chi connectivity index (χ3v) is 4.82. The molecule has 1 aromatic heterocycles. The van der Waals surface area contributed by atoms with Crippen LogP contribution in [0.15, 0.2) is 46.1 Å². The molecule has 4 rings (SSSR count). The topological polar surface area (TPSA) is 108 Å². The zero-order valence-electron chi connectivity index (χ0n) is 14.0. The Balaban J connectivity index is 1.48. The van der Waals surface area contributed by atoms with Gasteiger partial charge in [0.05, 0.1) is 0 Å². The molecule has 0 aliphatic carbocycles. The first-order valence-electron chi connectivity index (χ1n) is 8.40. The smallest absolute Gasteiger partial charge is 0.267 e. The van der Waals surface area contributed by atoms with E-state index in [0.717, 1.165) is 17.5 Å². The number of hydrogen-bond acceptors (Lipinski definition) is 5. The lowest BCUT2D eigenvalue weighted by Crippen LogP contribution is -2.44. The molecule has 0 saturated carbocycles. The minimum atomic E-state index is -0.591. The highest BCUT2D eigenvalue weighted by Crippen LogP contribution is 2.26. The standard InChI is InChI=1S/C19H18N4O3/c20-15-16(18(25)17(15)24)23-7-5-12-4-3-11(8-13(12)10-23)9-22-19(26)14-2-1-6-21-14/h1-4,6,8,21H,5,7,9-10,20H2,(H,22,26). The van der Waals surface area contributed by atoms with Crippen LogP contribution in [-0.4, -0.2) is 17.4 Å². The van der Waals surface area contributed by atoms with E-state index in [2.05, 4.69) is 10.3 Å². The number of nitrogens with one attached hydrogen (secondary N) is 2. The van der Waals surface area contributed by atoms with E-state index in [1.807, 2.05) is 23.1 Å². The Morgan fingerprint density at radius 2 is 2.04 bits per heavy atom. The summed E-state index contributed by atoms with van der Waals surface area (Å²) in [5.41, 5.74) is 8.77. The molecule has 1 aliphatic heterocycles. The van der Waals surface area contributed by atoms with Crippen LogP contribution in [0.4, 0.5) is 11.4 Å². The molecule has 1 amide bonds. The highest BCUT2D eigenvalue weighted by Gasteiger charge is 2.26. The number of carbonyl (C=O) groups is 1. The number of fused-ring (bicyclic) bond motifs is 1. The van der Waals surface area contributed by atoms with Crippen molar-refractivity contribution in [2.75, 3.05) is 17.2 Å². The van der Waals surface area contributed by atoms with Gasteiger partial charge in [0.15, 0.2) is 0 Å². The van der Waals surface area contributed by atoms with E-state index < -0.39 is 10.9 Å². The van der Waals surface area contributed by atoms with Crippen LogP contribution in [0.25, 0.3) is 0 Å². The van der Waals surface area contributed by atoms with Crippen LogP contribution < -0.4 is 26.8 Å². The minimum absolute atomic E-state index is 0.0628. The molecule has 7 nitrogen and oxygen atoms in total. The van der Waals surface area contributed by atoms with E-state index >= 15 is 0 Å². The summed E-state index contributed by atoms with van der Waals surface area (Å²) in [6.07, 6.45) is 2.48. The van der Waals surface area contributed by atoms with Gasteiger partial charge in [0.25, 0.3) is 16.8 Å². The maximum atomic E-state index is 12.0. The largest absolute Gasteiger partial charge is 0.394 e. The van der Waals surface area contributed by atoms with E-state index in [1.165, 1.54) is 5.56 Å². The maximum Gasteiger partial charge on any atom is 0.267 e. The van der Waals surface area contributed by atoms with E-state index in [0.29, 0.717) is 31.0 Å². The van der Waals surface area contributed by atoms with E-state index in [1.54, 1.807) is 18.3 Å². The number of amides is 1. The Labute approximate surface area is 149 Å². The molecule has 0 saturated heterocycles. The zero-order valence-corrected chi connectivity index (χ0v) is 14.0. The molecule has 1 aliphatic rings. The monoisotopic (exact) mass is 350 g/mol. The molecule has 0 atom stereocenters. The lowest BCUT2D eigenvalue weighted by molar-refractivity contribution is 0.0946. The number of nitrogens with zero attached hydrogens (tertiary/aromatic N) is 1. The van der Waals surface area contributed by atoms with Crippen molar-refractivity contribution in [2.45, 2.75) is 19.5 Å². The highest BCUT2D eigenvalue weighted by atomic mass is 16.2. The van der Waals surface area contributed by atoms with Gasteiger partial charge in [-0.3, -0.25) is 14.4 Å². The highest BCUT2D eigenvalue weighted by molar-refractivity contribution is 5.92. The second kappa shape index (κ2) is 6.18. The molecule has 4 N–H and O–H groups in total. The Morgan fingerprint density at radius 3 is 2.77 bits per heavy atom. The number of nitrogen functional groups attached to an aromatic ring is 1. The Kier molecular flexibility index (Phi) is 3.84. The molecule has 2 heterocycles. The van der Waals surface area contributed by atoms with Gasteiger partial charge in [-0.05, 0) is 35.2 Å². The minimum Gasteiger partial charge on any atom is -0.394 e. The third-order valence-electron chi connectivity index (χ3n) is 4.82. The molecule has 0 unspecified atom stereocenters. The van der Waals surface area contributed by atoms with Gasteiger partial charge >= 0.3 is 0 Å². The lowest BCUT2D eigenvalue weighted by Gasteiger charge is -2.32. The summed E-state index contributed by atoms with van der Waals surface area (Å²) in [5.74, 6) is -0.161. The molecule has 2 aromatic carbocycles. The van der Waals surface area contributed by atoms with Crippen molar-refractivity contribution in [3.8, 4) is 0 Å². The van der Waals surface area contributed by atoms with E-state index in [-0.39, 0.29) is 11.6 Å². The van der Waals surface area contributed by atoms with E-state index in [9.17, 15) is 14.4 Å². The Bertz CT molecular complexity index is 1050. The first-order valence-corrected chi connectivity index (χ1v) is 8.40. The number of rotatable bonds is 4. The number of aromatic nitrogens is 1. The summed E-state index contributed by atoms with van der Waals surface area (Å²) in [6.45, 7) is 1.60. The second-order valence-corrected chi connectivity index (χ2v) is 6.46. The fourth-order valence-corrected chi connectivity index (χ4v) is 3.37. The van der Waals surface area contributed by atoms with Gasteiger partial charge in [-0.2, -0.15) is 0 Å². The van der Waals surface area contributed by atoms with Gasteiger partial charge in [-0.15, -0.1) is 0 Å². The van der Waals surface area contributed by atoms with Crippen molar-refractivity contribution in [3.63, 3.8) is 0 Å². The number of H-pyrrole nitrogens is 1. The quantitative estimate of drug-likeness (QED) is 0.600. The van der Waals surface area contributed by atoms with E-state index in [4.69, 9.17) is 5.73 Å². The van der Waals surface area contributed by atoms with Crippen LogP contribution in [0.1, 0.15) is 27.2 Å². The Morgan fingerprint density at radius 1 is 1.19 bits per heavy atom. The molecule has 3 aromatic rings. The molecule has 0 fully saturated rings. The summed E-state index contributed by atoms with van der Waals surface area (Å²) in [4.78, 5) is 39.9. The number of carbonyl (C=O) groups excluding carboxylic acids is 1. The molecular formula is C19H18N4O3. The lowest BCUT2D eigenvalue weighted by atomic mass is 9.96. The predicted molar refractivity (Wildman–Crippen MR) is 98.9 cm³/mol.